The first-order valence-corrected chi connectivity index (χ1v) is 10.9. The molecule has 0 spiro atoms. The summed E-state index contributed by atoms with van der Waals surface area (Å²) in [6.07, 6.45) is 1.49. The molecule has 0 aliphatic rings. The van der Waals surface area contributed by atoms with Crippen LogP contribution in [0.2, 0.25) is 5.02 Å². The van der Waals surface area contributed by atoms with E-state index in [0.717, 1.165) is 12.8 Å². The van der Waals surface area contributed by atoms with E-state index in [4.69, 9.17) is 16.3 Å². The number of methoxy groups -OCH3 is 1. The first-order valence-electron chi connectivity index (χ1n) is 9.08. The van der Waals surface area contributed by atoms with Crippen molar-refractivity contribution in [1.29, 1.82) is 0 Å². The Labute approximate surface area is 171 Å². The molecule has 0 saturated heterocycles. The van der Waals surface area contributed by atoms with E-state index >= 15 is 0 Å². The third-order valence-electron chi connectivity index (χ3n) is 4.10. The second-order valence-electron chi connectivity index (χ2n) is 6.23. The molecule has 2 rings (SSSR count). The van der Waals surface area contributed by atoms with Crippen molar-refractivity contribution in [3.8, 4) is 5.75 Å². The molecule has 0 radical (unpaired) electrons. The summed E-state index contributed by atoms with van der Waals surface area (Å²) in [5, 5.41) is 3.15. The van der Waals surface area contributed by atoms with Gasteiger partial charge in [-0.05, 0) is 55.3 Å². The third-order valence-corrected chi connectivity index (χ3v) is 6.25. The van der Waals surface area contributed by atoms with Gasteiger partial charge < -0.3 is 10.1 Å². The number of carbonyl (C=O) groups excluding carboxylic acids is 1. The van der Waals surface area contributed by atoms with Crippen molar-refractivity contribution in [2.24, 2.45) is 0 Å². The van der Waals surface area contributed by atoms with Crippen molar-refractivity contribution >= 4 is 33.2 Å². The van der Waals surface area contributed by atoms with Crippen LogP contribution in [0.4, 0.5) is 5.69 Å². The maximum atomic E-state index is 12.8. The summed E-state index contributed by atoms with van der Waals surface area (Å²) in [5.74, 6) is 0.00409. The minimum atomic E-state index is -3.56. The van der Waals surface area contributed by atoms with E-state index in [1.807, 2.05) is 13.8 Å². The summed E-state index contributed by atoms with van der Waals surface area (Å²) in [4.78, 5) is 12.7. The first-order chi connectivity index (χ1) is 13.3. The highest BCUT2D eigenvalue weighted by Crippen LogP contribution is 2.24. The van der Waals surface area contributed by atoms with Gasteiger partial charge in [0.2, 0.25) is 10.0 Å². The molecule has 0 aliphatic carbocycles. The standard InChI is InChI=1S/C20H25ClN2O4S/c1-4-12-23(13-5-2)28(25,26)17-9-7-16(8-10-17)22-20(24)18-14-15(21)6-11-19(18)27-3/h6-11,14H,4-5,12-13H2,1-3H3,(H,22,24). The monoisotopic (exact) mass is 424 g/mol. The molecule has 152 valence electrons. The highest BCUT2D eigenvalue weighted by Gasteiger charge is 2.23. The number of ether oxygens (including phenoxy) is 1. The van der Waals surface area contributed by atoms with Gasteiger partial charge in [-0.3, -0.25) is 4.79 Å². The number of halogens is 1. The number of anilines is 1. The number of benzene rings is 2. The molecule has 0 aliphatic heterocycles. The Hall–Kier alpha value is -2.09. The quantitative estimate of drug-likeness (QED) is 0.646. The maximum Gasteiger partial charge on any atom is 0.259 e. The van der Waals surface area contributed by atoms with E-state index in [-0.39, 0.29) is 4.90 Å². The van der Waals surface area contributed by atoms with Gasteiger partial charge in [-0.2, -0.15) is 4.31 Å². The predicted molar refractivity (Wildman–Crippen MR) is 112 cm³/mol. The van der Waals surface area contributed by atoms with Crippen molar-refractivity contribution in [2.45, 2.75) is 31.6 Å². The van der Waals surface area contributed by atoms with Crippen molar-refractivity contribution in [2.75, 3.05) is 25.5 Å². The Morgan fingerprint density at radius 3 is 2.21 bits per heavy atom. The van der Waals surface area contributed by atoms with Gasteiger partial charge >= 0.3 is 0 Å². The lowest BCUT2D eigenvalue weighted by molar-refractivity contribution is 0.102. The molecule has 0 heterocycles. The van der Waals surface area contributed by atoms with E-state index in [2.05, 4.69) is 5.32 Å². The molecular formula is C20H25ClN2O4S. The molecule has 1 amide bonds. The van der Waals surface area contributed by atoms with Crippen LogP contribution in [0.5, 0.6) is 5.75 Å². The van der Waals surface area contributed by atoms with E-state index in [1.54, 1.807) is 24.3 Å². The summed E-state index contributed by atoms with van der Waals surface area (Å²) in [5.41, 5.74) is 0.771. The number of nitrogens with zero attached hydrogens (tertiary/aromatic N) is 1. The molecule has 0 unspecified atom stereocenters. The van der Waals surface area contributed by atoms with Crippen LogP contribution in [0.15, 0.2) is 47.4 Å². The summed E-state index contributed by atoms with van der Waals surface area (Å²) in [7, 11) is -2.09. The highest BCUT2D eigenvalue weighted by atomic mass is 35.5. The molecule has 0 saturated carbocycles. The molecule has 0 bridgehead atoms. The molecule has 6 nitrogen and oxygen atoms in total. The maximum absolute atomic E-state index is 12.8. The van der Waals surface area contributed by atoms with Crippen molar-refractivity contribution in [3.05, 3.63) is 53.1 Å². The topological polar surface area (TPSA) is 75.7 Å². The smallest absolute Gasteiger partial charge is 0.259 e. The number of nitrogens with one attached hydrogen (secondary N) is 1. The van der Waals surface area contributed by atoms with Gasteiger partial charge in [-0.15, -0.1) is 0 Å². The summed E-state index contributed by atoms with van der Waals surface area (Å²) >= 11 is 5.97. The molecule has 2 aromatic carbocycles. The van der Waals surface area contributed by atoms with E-state index in [0.29, 0.717) is 35.1 Å². The zero-order chi connectivity index (χ0) is 20.7. The minimum Gasteiger partial charge on any atom is -0.496 e. The molecule has 28 heavy (non-hydrogen) atoms. The fourth-order valence-electron chi connectivity index (χ4n) is 2.77. The fraction of sp³-hybridized carbons (Fsp3) is 0.350. The molecular weight excluding hydrogens is 400 g/mol. The number of sulfonamides is 1. The molecule has 8 heteroatoms. The summed E-state index contributed by atoms with van der Waals surface area (Å²) in [6, 6.07) is 10.9. The Balaban J connectivity index is 2.21. The van der Waals surface area contributed by atoms with Crippen LogP contribution in [0.3, 0.4) is 0 Å². The van der Waals surface area contributed by atoms with E-state index in [1.165, 1.54) is 29.6 Å². The van der Waals surface area contributed by atoms with Crippen LogP contribution in [0, 0.1) is 0 Å². The Morgan fingerprint density at radius 2 is 1.68 bits per heavy atom. The summed E-state index contributed by atoms with van der Waals surface area (Å²) < 4.78 is 32.3. The van der Waals surface area contributed by atoms with Crippen LogP contribution < -0.4 is 10.1 Å². The third kappa shape index (κ3) is 5.25. The fourth-order valence-corrected chi connectivity index (χ4v) is 4.56. The van der Waals surface area contributed by atoms with Gasteiger partial charge in [0.25, 0.3) is 5.91 Å². The van der Waals surface area contributed by atoms with Gasteiger partial charge in [0, 0.05) is 23.8 Å². The second kappa shape index (κ2) is 9.91. The number of hydrogen-bond acceptors (Lipinski definition) is 4. The van der Waals surface area contributed by atoms with Gasteiger partial charge in [0.1, 0.15) is 5.75 Å². The van der Waals surface area contributed by atoms with Gasteiger partial charge in [0.15, 0.2) is 0 Å². The number of hydrogen-bond donors (Lipinski definition) is 1. The zero-order valence-electron chi connectivity index (χ0n) is 16.2. The molecule has 2 aromatic rings. The molecule has 0 aromatic heterocycles. The average molecular weight is 425 g/mol. The summed E-state index contributed by atoms with van der Waals surface area (Å²) in [6.45, 7) is 4.84. The van der Waals surface area contributed by atoms with Crippen LogP contribution in [0.25, 0.3) is 0 Å². The second-order valence-corrected chi connectivity index (χ2v) is 8.60. The average Bonchev–Trinajstić information content (AvgIpc) is 2.68. The largest absolute Gasteiger partial charge is 0.496 e. The highest BCUT2D eigenvalue weighted by molar-refractivity contribution is 7.89. The number of amides is 1. The van der Waals surface area contributed by atoms with Crippen LogP contribution in [-0.4, -0.2) is 38.8 Å². The number of rotatable bonds is 9. The Bertz CT molecular complexity index is 908. The van der Waals surface area contributed by atoms with Gasteiger partial charge in [-0.1, -0.05) is 25.4 Å². The Kier molecular flexibility index (Phi) is 7.86. The lowest BCUT2D eigenvalue weighted by Gasteiger charge is -2.21. The van der Waals surface area contributed by atoms with Crippen LogP contribution in [0.1, 0.15) is 37.0 Å². The van der Waals surface area contributed by atoms with Crippen molar-refractivity contribution < 1.29 is 17.9 Å². The van der Waals surface area contributed by atoms with Crippen LogP contribution in [-0.2, 0) is 10.0 Å². The Morgan fingerprint density at radius 1 is 1.07 bits per heavy atom. The molecule has 1 N–H and O–H groups in total. The van der Waals surface area contributed by atoms with Crippen molar-refractivity contribution in [1.82, 2.24) is 4.31 Å². The first kappa shape index (κ1) is 22.2. The number of carbonyl (C=O) groups is 1. The SMILES string of the molecule is CCCN(CCC)S(=O)(=O)c1ccc(NC(=O)c2cc(Cl)ccc2OC)cc1. The molecule has 0 fully saturated rings. The van der Waals surface area contributed by atoms with Gasteiger partial charge in [0.05, 0.1) is 17.6 Å². The van der Waals surface area contributed by atoms with E-state index < -0.39 is 15.9 Å². The van der Waals surface area contributed by atoms with Crippen LogP contribution >= 0.6 is 11.6 Å². The molecule has 0 atom stereocenters. The van der Waals surface area contributed by atoms with E-state index in [9.17, 15) is 13.2 Å². The lowest BCUT2D eigenvalue weighted by Crippen LogP contribution is -2.32. The lowest BCUT2D eigenvalue weighted by atomic mass is 10.2. The van der Waals surface area contributed by atoms with Crippen molar-refractivity contribution in [3.63, 3.8) is 0 Å². The predicted octanol–water partition coefficient (Wildman–Crippen LogP) is 4.41. The zero-order valence-corrected chi connectivity index (χ0v) is 17.8. The normalized spacial score (nSPS) is 11.5. The van der Waals surface area contributed by atoms with Gasteiger partial charge in [-0.25, -0.2) is 8.42 Å². The minimum absolute atomic E-state index is 0.202.